The molecule has 0 unspecified atom stereocenters. The number of hydrogen-bond donors (Lipinski definition) is 2. The fourth-order valence-electron chi connectivity index (χ4n) is 1.65. The molecule has 0 atom stereocenters. The fourth-order valence-corrected chi connectivity index (χ4v) is 2.03. The van der Waals surface area contributed by atoms with Gasteiger partial charge in [0.2, 0.25) is 5.76 Å². The lowest BCUT2D eigenvalue weighted by Gasteiger charge is -2.37. The molecule has 1 aliphatic carbocycles. The van der Waals surface area contributed by atoms with Gasteiger partial charge in [0, 0.05) is 0 Å². The lowest BCUT2D eigenvalue weighted by molar-refractivity contribution is -0.148. The Morgan fingerprint density at radius 1 is 1.50 bits per heavy atom. The highest BCUT2D eigenvalue weighted by Crippen LogP contribution is 2.32. The molecule has 2 rings (SSSR count). The summed E-state index contributed by atoms with van der Waals surface area (Å²) in [4.78, 5) is 22.8. The van der Waals surface area contributed by atoms with E-state index >= 15 is 0 Å². The van der Waals surface area contributed by atoms with E-state index in [2.05, 4.69) is 21.2 Å². The summed E-state index contributed by atoms with van der Waals surface area (Å²) in [5.41, 5.74) is -1.11. The van der Waals surface area contributed by atoms with Crippen molar-refractivity contribution in [3.8, 4) is 0 Å². The molecule has 0 spiro atoms. The highest BCUT2D eigenvalue weighted by Gasteiger charge is 2.46. The quantitative estimate of drug-likeness (QED) is 0.888. The van der Waals surface area contributed by atoms with Gasteiger partial charge in [0.25, 0.3) is 5.91 Å². The summed E-state index contributed by atoms with van der Waals surface area (Å²) < 4.78 is 5.49. The van der Waals surface area contributed by atoms with E-state index in [0.717, 1.165) is 6.42 Å². The fraction of sp³-hybridized carbons (Fsp3) is 0.400. The Morgan fingerprint density at radius 2 is 2.19 bits per heavy atom. The Hall–Kier alpha value is -1.30. The Morgan fingerprint density at radius 3 is 2.56 bits per heavy atom. The minimum absolute atomic E-state index is 0.104. The minimum Gasteiger partial charge on any atom is -0.480 e. The van der Waals surface area contributed by atoms with E-state index in [-0.39, 0.29) is 5.76 Å². The van der Waals surface area contributed by atoms with Crippen LogP contribution in [0.1, 0.15) is 29.8 Å². The second-order valence-electron chi connectivity index (χ2n) is 3.79. The maximum atomic E-state index is 11.7. The van der Waals surface area contributed by atoms with Crippen molar-refractivity contribution < 1.29 is 19.1 Å². The molecular formula is C10H10BrNO4. The molecule has 0 aliphatic heterocycles. The molecule has 16 heavy (non-hydrogen) atoms. The van der Waals surface area contributed by atoms with E-state index in [1.165, 1.54) is 6.26 Å². The zero-order chi connectivity index (χ0) is 11.8. The first-order valence-corrected chi connectivity index (χ1v) is 5.63. The molecule has 5 nitrogen and oxygen atoms in total. The van der Waals surface area contributed by atoms with Gasteiger partial charge in [-0.1, -0.05) is 0 Å². The number of aliphatic carboxylic acids is 1. The lowest BCUT2D eigenvalue weighted by Crippen LogP contribution is -2.59. The largest absolute Gasteiger partial charge is 0.480 e. The summed E-state index contributed by atoms with van der Waals surface area (Å²) >= 11 is 3.15. The second kappa shape index (κ2) is 3.93. The summed E-state index contributed by atoms with van der Waals surface area (Å²) in [6.07, 6.45) is 3.11. The molecule has 1 amide bonds. The van der Waals surface area contributed by atoms with Crippen molar-refractivity contribution in [2.75, 3.05) is 0 Å². The number of nitrogens with one attached hydrogen (secondary N) is 1. The van der Waals surface area contributed by atoms with Crippen LogP contribution in [0, 0.1) is 0 Å². The van der Waals surface area contributed by atoms with Crippen LogP contribution < -0.4 is 5.32 Å². The molecule has 1 aliphatic rings. The first-order valence-electron chi connectivity index (χ1n) is 4.84. The number of rotatable bonds is 3. The van der Waals surface area contributed by atoms with E-state index in [4.69, 9.17) is 9.52 Å². The standard InChI is InChI=1S/C10H10BrNO4/c11-6-2-5-16-7(6)8(13)12-10(9(14)15)3-1-4-10/h2,5H,1,3-4H2,(H,12,13)(H,14,15). The van der Waals surface area contributed by atoms with Crippen LogP contribution in [0.3, 0.4) is 0 Å². The van der Waals surface area contributed by atoms with Crippen LogP contribution >= 0.6 is 15.9 Å². The van der Waals surface area contributed by atoms with Crippen LogP contribution in [0.2, 0.25) is 0 Å². The number of carboxylic acids is 1. The van der Waals surface area contributed by atoms with E-state index in [9.17, 15) is 9.59 Å². The first kappa shape index (κ1) is 11.2. The smallest absolute Gasteiger partial charge is 0.329 e. The van der Waals surface area contributed by atoms with Gasteiger partial charge in [0.15, 0.2) is 0 Å². The van der Waals surface area contributed by atoms with Crippen molar-refractivity contribution in [3.05, 3.63) is 22.6 Å². The monoisotopic (exact) mass is 287 g/mol. The molecule has 0 radical (unpaired) electrons. The third-order valence-corrected chi connectivity index (χ3v) is 3.42. The zero-order valence-corrected chi connectivity index (χ0v) is 9.91. The van der Waals surface area contributed by atoms with Crippen LogP contribution in [0.25, 0.3) is 0 Å². The van der Waals surface area contributed by atoms with E-state index in [1.54, 1.807) is 6.07 Å². The van der Waals surface area contributed by atoms with E-state index in [1.807, 2.05) is 0 Å². The highest BCUT2D eigenvalue weighted by atomic mass is 79.9. The third-order valence-electron chi connectivity index (χ3n) is 2.79. The van der Waals surface area contributed by atoms with Crippen molar-refractivity contribution >= 4 is 27.8 Å². The SMILES string of the molecule is O=C(NC1(C(=O)O)CCC1)c1occc1Br. The van der Waals surface area contributed by atoms with Gasteiger partial charge in [-0.15, -0.1) is 0 Å². The lowest BCUT2D eigenvalue weighted by atomic mass is 9.76. The van der Waals surface area contributed by atoms with Gasteiger partial charge in [0.05, 0.1) is 10.7 Å². The molecule has 2 N–H and O–H groups in total. The summed E-state index contributed by atoms with van der Waals surface area (Å²) in [6, 6.07) is 1.59. The van der Waals surface area contributed by atoms with Crippen LogP contribution in [0.15, 0.2) is 21.2 Å². The van der Waals surface area contributed by atoms with Crippen LogP contribution in [0.5, 0.6) is 0 Å². The minimum atomic E-state index is -1.11. The Kier molecular flexibility index (Phi) is 2.75. The molecule has 1 aromatic rings. The second-order valence-corrected chi connectivity index (χ2v) is 4.65. The van der Waals surface area contributed by atoms with Gasteiger partial charge in [-0.3, -0.25) is 4.79 Å². The average Bonchev–Trinajstić information content (AvgIpc) is 2.57. The molecular weight excluding hydrogens is 278 g/mol. The summed E-state index contributed by atoms with van der Waals surface area (Å²) in [7, 11) is 0. The number of carbonyl (C=O) groups is 2. The maximum Gasteiger partial charge on any atom is 0.329 e. The predicted octanol–water partition coefficient (Wildman–Crippen LogP) is 1.78. The molecule has 6 heteroatoms. The highest BCUT2D eigenvalue weighted by molar-refractivity contribution is 9.10. The van der Waals surface area contributed by atoms with Gasteiger partial charge in [-0.2, -0.15) is 0 Å². The predicted molar refractivity (Wildman–Crippen MR) is 58.1 cm³/mol. The number of carbonyl (C=O) groups excluding carboxylic acids is 1. The first-order chi connectivity index (χ1) is 7.55. The Bertz CT molecular complexity index is 436. The van der Waals surface area contributed by atoms with E-state index in [0.29, 0.717) is 17.3 Å². The van der Waals surface area contributed by atoms with Crippen molar-refractivity contribution in [1.82, 2.24) is 5.32 Å². The van der Waals surface area contributed by atoms with Gasteiger partial charge < -0.3 is 14.8 Å². The van der Waals surface area contributed by atoms with Crippen LogP contribution in [0.4, 0.5) is 0 Å². The topological polar surface area (TPSA) is 79.5 Å². The Labute approximate surface area is 99.9 Å². The van der Waals surface area contributed by atoms with Crippen molar-refractivity contribution in [2.45, 2.75) is 24.8 Å². The van der Waals surface area contributed by atoms with Crippen molar-refractivity contribution in [1.29, 1.82) is 0 Å². The maximum absolute atomic E-state index is 11.7. The number of carboxylic acid groups (broad SMARTS) is 1. The normalized spacial score (nSPS) is 17.6. The Balaban J connectivity index is 2.13. The number of furan rings is 1. The van der Waals surface area contributed by atoms with Crippen molar-refractivity contribution in [2.24, 2.45) is 0 Å². The molecule has 1 heterocycles. The summed E-state index contributed by atoms with van der Waals surface area (Å²) in [5, 5.41) is 11.6. The van der Waals surface area contributed by atoms with Crippen molar-refractivity contribution in [3.63, 3.8) is 0 Å². The molecule has 0 aromatic carbocycles. The summed E-state index contributed by atoms with van der Waals surface area (Å²) in [5.74, 6) is -1.39. The van der Waals surface area contributed by atoms with Gasteiger partial charge in [-0.25, -0.2) is 4.79 Å². The molecule has 0 saturated heterocycles. The molecule has 0 bridgehead atoms. The van der Waals surface area contributed by atoms with Gasteiger partial charge >= 0.3 is 5.97 Å². The number of hydrogen-bond acceptors (Lipinski definition) is 3. The van der Waals surface area contributed by atoms with Gasteiger partial charge in [-0.05, 0) is 41.3 Å². The third kappa shape index (κ3) is 1.73. The molecule has 86 valence electrons. The van der Waals surface area contributed by atoms with Crippen LogP contribution in [-0.4, -0.2) is 22.5 Å². The number of amides is 1. The van der Waals surface area contributed by atoms with Gasteiger partial charge in [0.1, 0.15) is 5.54 Å². The number of halogens is 1. The average molecular weight is 288 g/mol. The molecule has 1 saturated carbocycles. The van der Waals surface area contributed by atoms with E-state index < -0.39 is 17.4 Å². The zero-order valence-electron chi connectivity index (χ0n) is 8.33. The molecule has 1 aromatic heterocycles. The molecule has 1 fully saturated rings. The summed E-state index contributed by atoms with van der Waals surface area (Å²) in [6.45, 7) is 0. The van der Waals surface area contributed by atoms with Crippen LogP contribution in [-0.2, 0) is 4.79 Å².